The number of nitrogens with one attached hydrogen (secondary N) is 3. The Morgan fingerprint density at radius 1 is 1.20 bits per heavy atom. The van der Waals surface area contributed by atoms with E-state index in [2.05, 4.69) is 51.3 Å². The van der Waals surface area contributed by atoms with Crippen molar-refractivity contribution >= 4 is 34.8 Å². The lowest BCUT2D eigenvalue weighted by molar-refractivity contribution is -0.123. The van der Waals surface area contributed by atoms with Crippen molar-refractivity contribution in [3.05, 3.63) is 58.2 Å². The van der Waals surface area contributed by atoms with E-state index in [0.29, 0.717) is 29.2 Å². The highest BCUT2D eigenvalue weighted by Crippen LogP contribution is 2.24. The number of aromatic amines is 1. The molecule has 1 atom stereocenters. The van der Waals surface area contributed by atoms with Gasteiger partial charge in [0.15, 0.2) is 5.65 Å². The number of allylic oxidation sites excluding steroid dienone is 1. The molecule has 0 bridgehead atoms. The van der Waals surface area contributed by atoms with Crippen molar-refractivity contribution < 1.29 is 19.5 Å². The summed E-state index contributed by atoms with van der Waals surface area (Å²) in [5, 5.41) is 13.9. The maximum absolute atomic E-state index is 13.2. The largest absolute Gasteiger partial charge is 0.465 e. The number of likely N-dealkylation sites (N-methyl/N-ethyl adjacent to an activating group) is 1. The van der Waals surface area contributed by atoms with Gasteiger partial charge < -0.3 is 30.2 Å². The fourth-order valence-corrected chi connectivity index (χ4v) is 3.98. The molecule has 40 heavy (non-hydrogen) atoms. The van der Waals surface area contributed by atoms with Crippen molar-refractivity contribution in [1.82, 2.24) is 34.7 Å². The maximum atomic E-state index is 13.2. The van der Waals surface area contributed by atoms with Crippen LogP contribution in [0.15, 0.2) is 35.3 Å². The smallest absolute Gasteiger partial charge is 0.405 e. The SMILES string of the molecule is Cc1nc(CC(C)(C)C)c2nc(Cn3cccc(NC(=O)[C@H](CC/C=C/C(=O)N(C)C)NC(=O)O)c3=O)[nH]c2n1. The van der Waals surface area contributed by atoms with E-state index in [-0.39, 0.29) is 36.4 Å². The van der Waals surface area contributed by atoms with Gasteiger partial charge in [-0.3, -0.25) is 14.4 Å². The number of anilines is 1. The predicted molar refractivity (Wildman–Crippen MR) is 150 cm³/mol. The predicted octanol–water partition coefficient (Wildman–Crippen LogP) is 2.46. The number of fused-ring (bicyclic) bond motifs is 1. The fourth-order valence-electron chi connectivity index (χ4n) is 3.98. The molecular weight excluding hydrogens is 516 g/mol. The van der Waals surface area contributed by atoms with Gasteiger partial charge >= 0.3 is 6.09 Å². The van der Waals surface area contributed by atoms with Crippen LogP contribution >= 0.6 is 0 Å². The van der Waals surface area contributed by atoms with E-state index in [0.717, 1.165) is 5.69 Å². The van der Waals surface area contributed by atoms with Gasteiger partial charge in [-0.15, -0.1) is 0 Å². The maximum Gasteiger partial charge on any atom is 0.405 e. The van der Waals surface area contributed by atoms with Gasteiger partial charge in [0.25, 0.3) is 5.56 Å². The van der Waals surface area contributed by atoms with E-state index in [9.17, 15) is 24.3 Å². The van der Waals surface area contributed by atoms with Crippen molar-refractivity contribution in [2.24, 2.45) is 5.41 Å². The summed E-state index contributed by atoms with van der Waals surface area (Å²) in [5.74, 6) is 0.202. The Morgan fingerprint density at radius 3 is 2.58 bits per heavy atom. The van der Waals surface area contributed by atoms with Gasteiger partial charge in [0.1, 0.15) is 28.9 Å². The van der Waals surface area contributed by atoms with Gasteiger partial charge in [0.2, 0.25) is 11.8 Å². The summed E-state index contributed by atoms with van der Waals surface area (Å²) in [5.41, 5.74) is 1.55. The topological polar surface area (TPSA) is 175 Å². The highest BCUT2D eigenvalue weighted by Gasteiger charge is 2.22. The van der Waals surface area contributed by atoms with E-state index in [1.807, 2.05) is 6.92 Å². The van der Waals surface area contributed by atoms with Gasteiger partial charge in [-0.05, 0) is 49.8 Å². The van der Waals surface area contributed by atoms with Crippen LogP contribution in [0, 0.1) is 12.3 Å². The van der Waals surface area contributed by atoms with Crippen LogP contribution in [0.25, 0.3) is 11.2 Å². The molecule has 0 aliphatic heterocycles. The van der Waals surface area contributed by atoms with Gasteiger partial charge in [-0.25, -0.2) is 19.7 Å². The Bertz CT molecular complexity index is 1480. The average Bonchev–Trinajstić information content (AvgIpc) is 3.24. The number of carbonyl (C=O) groups excluding carboxylic acids is 2. The molecule has 13 heteroatoms. The molecule has 0 saturated heterocycles. The van der Waals surface area contributed by atoms with Crippen molar-refractivity contribution in [2.75, 3.05) is 19.4 Å². The van der Waals surface area contributed by atoms with E-state index in [1.165, 1.54) is 21.6 Å². The molecule has 3 amide bonds. The normalized spacial score (nSPS) is 12.4. The number of imidazole rings is 1. The molecule has 0 unspecified atom stereocenters. The summed E-state index contributed by atoms with van der Waals surface area (Å²) in [6.07, 6.45) is 4.16. The molecule has 0 fully saturated rings. The zero-order valence-electron chi connectivity index (χ0n) is 23.6. The van der Waals surface area contributed by atoms with Crippen molar-refractivity contribution in [2.45, 2.75) is 59.5 Å². The number of carbonyl (C=O) groups is 3. The number of aryl methyl sites for hydroxylation is 1. The minimum absolute atomic E-state index is 0.0103. The summed E-state index contributed by atoms with van der Waals surface area (Å²) in [7, 11) is 3.21. The average molecular weight is 553 g/mol. The number of hydrogen-bond donors (Lipinski definition) is 4. The number of nitrogens with zero attached hydrogens (tertiary/aromatic N) is 5. The van der Waals surface area contributed by atoms with Crippen LogP contribution < -0.4 is 16.2 Å². The molecule has 4 N–H and O–H groups in total. The van der Waals surface area contributed by atoms with E-state index in [1.54, 1.807) is 32.4 Å². The molecule has 0 saturated carbocycles. The van der Waals surface area contributed by atoms with Gasteiger partial charge in [-0.2, -0.15) is 0 Å². The lowest BCUT2D eigenvalue weighted by atomic mass is 9.90. The van der Waals surface area contributed by atoms with Gasteiger partial charge in [0.05, 0.1) is 12.2 Å². The number of rotatable bonds is 10. The summed E-state index contributed by atoms with van der Waals surface area (Å²) >= 11 is 0. The van der Waals surface area contributed by atoms with E-state index in [4.69, 9.17) is 0 Å². The van der Waals surface area contributed by atoms with Crippen LogP contribution in [-0.4, -0.2) is 72.6 Å². The molecule has 0 aliphatic carbocycles. The van der Waals surface area contributed by atoms with Crippen LogP contribution in [0.5, 0.6) is 0 Å². The first-order valence-electron chi connectivity index (χ1n) is 12.8. The molecule has 3 rings (SSSR count). The Labute approximate surface area is 231 Å². The van der Waals surface area contributed by atoms with Gasteiger partial charge in [0, 0.05) is 20.3 Å². The number of carboxylic acid groups (broad SMARTS) is 1. The van der Waals surface area contributed by atoms with E-state index >= 15 is 0 Å². The van der Waals surface area contributed by atoms with Crippen molar-refractivity contribution in [3.8, 4) is 0 Å². The molecule has 0 aliphatic rings. The molecule has 13 nitrogen and oxygen atoms in total. The van der Waals surface area contributed by atoms with Crippen LogP contribution in [-0.2, 0) is 22.6 Å². The zero-order valence-corrected chi connectivity index (χ0v) is 23.6. The Hall–Kier alpha value is -4.55. The minimum Gasteiger partial charge on any atom is -0.465 e. The standard InChI is InChI=1S/C27H36N8O5/c1-16-28-19(14-27(2,3)4)22-23(29-16)33-20(32-22)15-35-13-9-11-18(25(35)38)30-24(37)17(31-26(39)40)10-7-8-12-21(36)34(5)6/h8-9,11-13,17,31H,7,10,14-15H2,1-6H3,(H,30,37)(H,39,40)(H,28,29,32,33)/b12-8+/t17-/m0/s1. The number of hydrogen-bond acceptors (Lipinski definition) is 7. The zero-order chi connectivity index (χ0) is 29.6. The summed E-state index contributed by atoms with van der Waals surface area (Å²) in [4.78, 5) is 67.2. The monoisotopic (exact) mass is 552 g/mol. The summed E-state index contributed by atoms with van der Waals surface area (Å²) in [6.45, 7) is 8.25. The summed E-state index contributed by atoms with van der Waals surface area (Å²) in [6, 6.07) is 1.91. The number of aromatic nitrogens is 5. The minimum atomic E-state index is -1.38. The second-order valence-corrected chi connectivity index (χ2v) is 10.9. The second kappa shape index (κ2) is 12.5. The highest BCUT2D eigenvalue weighted by molar-refractivity contribution is 5.96. The van der Waals surface area contributed by atoms with Crippen LogP contribution in [0.4, 0.5) is 10.5 Å². The quantitative estimate of drug-likeness (QED) is 0.277. The van der Waals surface area contributed by atoms with Crippen molar-refractivity contribution in [3.63, 3.8) is 0 Å². The van der Waals surface area contributed by atoms with Crippen LogP contribution in [0.3, 0.4) is 0 Å². The molecule has 0 aromatic carbocycles. The van der Waals surface area contributed by atoms with Crippen molar-refractivity contribution in [1.29, 1.82) is 0 Å². The Morgan fingerprint density at radius 2 is 1.93 bits per heavy atom. The molecule has 214 valence electrons. The third-order valence-electron chi connectivity index (χ3n) is 5.81. The van der Waals surface area contributed by atoms with Crippen LogP contribution in [0.2, 0.25) is 0 Å². The number of amides is 3. The Kier molecular flexibility index (Phi) is 9.40. The fraction of sp³-hybridized carbons (Fsp3) is 0.444. The first kappa shape index (κ1) is 30.0. The molecule has 0 radical (unpaired) electrons. The molecular formula is C27H36N8O5. The van der Waals surface area contributed by atoms with Crippen LogP contribution in [0.1, 0.15) is 51.0 Å². The Balaban J connectivity index is 1.78. The van der Waals surface area contributed by atoms with E-state index < -0.39 is 23.6 Å². The molecule has 3 aromatic heterocycles. The second-order valence-electron chi connectivity index (χ2n) is 10.9. The molecule has 0 spiro atoms. The first-order valence-corrected chi connectivity index (χ1v) is 12.8. The third-order valence-corrected chi connectivity index (χ3v) is 5.81. The highest BCUT2D eigenvalue weighted by atomic mass is 16.4. The molecule has 3 heterocycles. The lowest BCUT2D eigenvalue weighted by Gasteiger charge is -2.17. The first-order chi connectivity index (χ1) is 18.7. The lowest BCUT2D eigenvalue weighted by Crippen LogP contribution is -2.44. The number of pyridine rings is 1. The van der Waals surface area contributed by atoms with Gasteiger partial charge in [-0.1, -0.05) is 26.8 Å². The number of H-pyrrole nitrogens is 1. The third kappa shape index (κ3) is 8.22. The molecule has 3 aromatic rings. The summed E-state index contributed by atoms with van der Waals surface area (Å²) < 4.78 is 1.38.